The van der Waals surface area contributed by atoms with Gasteiger partial charge in [0.2, 0.25) is 5.91 Å². The molecule has 0 saturated carbocycles. The molecule has 1 aromatic heterocycles. The number of carbonyl (C=O) groups is 1. The smallest absolute Gasteiger partial charge is 0.227 e. The molecule has 3 rings (SSSR count). The molecule has 1 amide bonds. The van der Waals surface area contributed by atoms with Crippen LogP contribution in [0.2, 0.25) is 5.02 Å². The molecule has 2 aromatic rings. The molecule has 1 aromatic carbocycles. The van der Waals surface area contributed by atoms with Gasteiger partial charge in [0.1, 0.15) is 5.67 Å². The number of amides is 1. The van der Waals surface area contributed by atoms with Gasteiger partial charge in [-0.2, -0.15) is 5.10 Å². The van der Waals surface area contributed by atoms with Gasteiger partial charge in [0.15, 0.2) is 0 Å². The van der Waals surface area contributed by atoms with Crippen LogP contribution in [0.1, 0.15) is 24.0 Å². The fraction of sp³-hybridized carbons (Fsp3) is 0.412. The van der Waals surface area contributed by atoms with Crippen LogP contribution in [0.25, 0.3) is 0 Å². The Hall–Kier alpha value is -1.88. The van der Waals surface area contributed by atoms with E-state index < -0.39 is 5.67 Å². The first-order valence-electron chi connectivity index (χ1n) is 7.66. The van der Waals surface area contributed by atoms with E-state index in [-0.39, 0.29) is 5.91 Å². The molecule has 1 fully saturated rings. The third-order valence-electron chi connectivity index (χ3n) is 4.38. The van der Waals surface area contributed by atoms with E-state index in [1.807, 2.05) is 13.2 Å². The minimum atomic E-state index is -1.38. The molecule has 1 saturated heterocycles. The number of aromatic nitrogens is 2. The van der Waals surface area contributed by atoms with Gasteiger partial charge < -0.3 is 4.90 Å². The summed E-state index contributed by atoms with van der Waals surface area (Å²) < 4.78 is 16.8. The highest BCUT2D eigenvalue weighted by molar-refractivity contribution is 6.30. The Morgan fingerprint density at radius 1 is 1.30 bits per heavy atom. The maximum absolute atomic E-state index is 15.1. The lowest BCUT2D eigenvalue weighted by Crippen LogP contribution is -2.43. The van der Waals surface area contributed by atoms with Crippen LogP contribution in [0.5, 0.6) is 0 Å². The minimum absolute atomic E-state index is 0.0242. The third-order valence-corrected chi connectivity index (χ3v) is 4.64. The predicted octanol–water partition coefficient (Wildman–Crippen LogP) is 3.10. The third kappa shape index (κ3) is 3.55. The molecule has 0 N–H and O–H groups in total. The zero-order chi connectivity index (χ0) is 16.4. The maximum Gasteiger partial charge on any atom is 0.227 e. The SMILES string of the molecule is Cn1cc(CC(=O)N2CCC(F)(c3ccc(Cl)cc3)CC2)cn1. The number of likely N-dealkylation sites (tertiary alicyclic amines) is 1. The van der Waals surface area contributed by atoms with E-state index in [1.165, 1.54) is 0 Å². The van der Waals surface area contributed by atoms with Crippen molar-refractivity contribution < 1.29 is 9.18 Å². The summed E-state index contributed by atoms with van der Waals surface area (Å²) in [5.74, 6) is 0.0242. The molecule has 0 radical (unpaired) electrons. The second kappa shape index (κ2) is 6.32. The molecule has 1 aliphatic rings. The molecule has 0 atom stereocenters. The van der Waals surface area contributed by atoms with Crippen LogP contribution in [0.4, 0.5) is 4.39 Å². The molecule has 1 aliphatic heterocycles. The van der Waals surface area contributed by atoms with Gasteiger partial charge in [-0.3, -0.25) is 9.48 Å². The molecule has 122 valence electrons. The number of benzene rings is 1. The number of carbonyl (C=O) groups excluding carboxylic acids is 1. The fourth-order valence-electron chi connectivity index (χ4n) is 3.00. The molecule has 0 bridgehead atoms. The first-order valence-corrected chi connectivity index (χ1v) is 8.04. The van der Waals surface area contributed by atoms with Crippen LogP contribution in [0, 0.1) is 0 Å². The van der Waals surface area contributed by atoms with Crippen LogP contribution in [0.3, 0.4) is 0 Å². The van der Waals surface area contributed by atoms with E-state index in [4.69, 9.17) is 11.6 Å². The molecule has 0 aliphatic carbocycles. The van der Waals surface area contributed by atoms with Gasteiger partial charge in [-0.1, -0.05) is 23.7 Å². The number of hydrogen-bond acceptors (Lipinski definition) is 2. The summed E-state index contributed by atoms with van der Waals surface area (Å²) in [4.78, 5) is 14.1. The number of piperidine rings is 1. The standard InChI is InChI=1S/C17H19ClFN3O/c1-21-12-13(11-20-21)10-16(23)22-8-6-17(19,7-9-22)14-2-4-15(18)5-3-14/h2-5,11-12H,6-10H2,1H3. The lowest BCUT2D eigenvalue weighted by atomic mass is 9.86. The Labute approximate surface area is 139 Å². The number of alkyl halides is 1. The molecule has 4 nitrogen and oxygen atoms in total. The van der Waals surface area contributed by atoms with Gasteiger partial charge in [0, 0.05) is 44.2 Å². The van der Waals surface area contributed by atoms with Gasteiger partial charge >= 0.3 is 0 Å². The van der Waals surface area contributed by atoms with Crippen molar-refractivity contribution in [1.82, 2.24) is 14.7 Å². The fourth-order valence-corrected chi connectivity index (χ4v) is 3.12. The molecular weight excluding hydrogens is 317 g/mol. The Bertz CT molecular complexity index is 690. The molecular formula is C17H19ClFN3O. The highest BCUT2D eigenvalue weighted by Crippen LogP contribution is 2.37. The average Bonchev–Trinajstić information content (AvgIpc) is 2.93. The van der Waals surface area contributed by atoms with Crippen molar-refractivity contribution >= 4 is 17.5 Å². The van der Waals surface area contributed by atoms with Crippen LogP contribution < -0.4 is 0 Å². The molecule has 2 heterocycles. The maximum atomic E-state index is 15.1. The van der Waals surface area contributed by atoms with Crippen molar-refractivity contribution in [3.05, 3.63) is 52.8 Å². The lowest BCUT2D eigenvalue weighted by Gasteiger charge is -2.36. The highest BCUT2D eigenvalue weighted by Gasteiger charge is 2.37. The summed E-state index contributed by atoms with van der Waals surface area (Å²) in [5.41, 5.74) is 0.143. The van der Waals surface area contributed by atoms with Crippen molar-refractivity contribution in [1.29, 1.82) is 0 Å². The molecule has 0 unspecified atom stereocenters. The van der Waals surface area contributed by atoms with Gasteiger partial charge in [-0.25, -0.2) is 4.39 Å². The zero-order valence-corrected chi connectivity index (χ0v) is 13.8. The van der Waals surface area contributed by atoms with Crippen LogP contribution in [0.15, 0.2) is 36.7 Å². The highest BCUT2D eigenvalue weighted by atomic mass is 35.5. The Morgan fingerprint density at radius 3 is 2.52 bits per heavy atom. The van der Waals surface area contributed by atoms with E-state index in [0.29, 0.717) is 42.9 Å². The summed E-state index contributed by atoms with van der Waals surface area (Å²) in [5, 5.41) is 4.66. The second-order valence-corrected chi connectivity index (χ2v) is 6.49. The van der Waals surface area contributed by atoms with Crippen molar-refractivity contribution in [3.8, 4) is 0 Å². The lowest BCUT2D eigenvalue weighted by molar-refractivity contribution is -0.133. The van der Waals surface area contributed by atoms with E-state index >= 15 is 4.39 Å². The van der Waals surface area contributed by atoms with Crippen LogP contribution >= 0.6 is 11.6 Å². The van der Waals surface area contributed by atoms with Crippen LogP contribution in [-0.2, 0) is 23.9 Å². The number of rotatable bonds is 3. The quantitative estimate of drug-likeness (QED) is 0.864. The van der Waals surface area contributed by atoms with E-state index in [9.17, 15) is 4.79 Å². The predicted molar refractivity (Wildman–Crippen MR) is 87.0 cm³/mol. The number of aryl methyl sites for hydroxylation is 1. The van der Waals surface area contributed by atoms with Crippen LogP contribution in [-0.4, -0.2) is 33.7 Å². The Balaban J connectivity index is 1.61. The van der Waals surface area contributed by atoms with Crippen molar-refractivity contribution in [2.75, 3.05) is 13.1 Å². The number of nitrogens with zero attached hydrogens (tertiary/aromatic N) is 3. The summed E-state index contributed by atoms with van der Waals surface area (Å²) in [6.45, 7) is 0.858. The van der Waals surface area contributed by atoms with Crippen molar-refractivity contribution in [3.63, 3.8) is 0 Å². The van der Waals surface area contributed by atoms with Crippen molar-refractivity contribution in [2.45, 2.75) is 24.9 Å². The second-order valence-electron chi connectivity index (χ2n) is 6.05. The Morgan fingerprint density at radius 2 is 1.96 bits per heavy atom. The first kappa shape index (κ1) is 16.0. The van der Waals surface area contributed by atoms with E-state index in [0.717, 1.165) is 5.56 Å². The van der Waals surface area contributed by atoms with E-state index in [1.54, 1.807) is 40.0 Å². The molecule has 6 heteroatoms. The van der Waals surface area contributed by atoms with Gasteiger partial charge in [0.25, 0.3) is 0 Å². The molecule has 0 spiro atoms. The normalized spacial score (nSPS) is 17.3. The summed E-state index contributed by atoms with van der Waals surface area (Å²) in [6, 6.07) is 6.88. The average molecular weight is 336 g/mol. The van der Waals surface area contributed by atoms with Gasteiger partial charge in [0.05, 0.1) is 12.6 Å². The minimum Gasteiger partial charge on any atom is -0.342 e. The zero-order valence-electron chi connectivity index (χ0n) is 13.0. The van der Waals surface area contributed by atoms with E-state index in [2.05, 4.69) is 5.10 Å². The number of halogens is 2. The van der Waals surface area contributed by atoms with Gasteiger partial charge in [-0.05, 0) is 23.3 Å². The summed E-state index contributed by atoms with van der Waals surface area (Å²) in [7, 11) is 1.82. The number of hydrogen-bond donors (Lipinski definition) is 0. The first-order chi connectivity index (χ1) is 11.0. The summed E-state index contributed by atoms with van der Waals surface area (Å²) in [6.07, 6.45) is 4.46. The van der Waals surface area contributed by atoms with Gasteiger partial charge in [-0.15, -0.1) is 0 Å². The summed E-state index contributed by atoms with van der Waals surface area (Å²) >= 11 is 5.86. The molecule has 23 heavy (non-hydrogen) atoms. The topological polar surface area (TPSA) is 38.1 Å². The Kier molecular flexibility index (Phi) is 4.39. The largest absolute Gasteiger partial charge is 0.342 e. The van der Waals surface area contributed by atoms with Crippen molar-refractivity contribution in [2.24, 2.45) is 7.05 Å². The monoisotopic (exact) mass is 335 g/mol.